The maximum Gasteiger partial charge on any atom is 0.265 e. The first-order chi connectivity index (χ1) is 9.96. The molecule has 114 valence electrons. The van der Waals surface area contributed by atoms with Gasteiger partial charge in [0.25, 0.3) is 10.0 Å². The maximum atomic E-state index is 13.1. The minimum Gasteiger partial charge on any atom is -0.494 e. The van der Waals surface area contributed by atoms with Crippen molar-refractivity contribution in [1.29, 1.82) is 0 Å². The number of rotatable bonds is 6. The highest BCUT2D eigenvalue weighted by atomic mass is 32.2. The first-order valence-corrected chi connectivity index (χ1v) is 7.53. The second kappa shape index (κ2) is 6.10. The molecule has 0 fully saturated rings. The average Bonchev–Trinajstić information content (AvgIpc) is 2.90. The molecule has 1 heterocycles. The SMILES string of the molecule is COc1cc(F)ccc1NS(=O)(=O)c1cnn(CCN)c1. The zero-order valence-electron chi connectivity index (χ0n) is 11.3. The van der Waals surface area contributed by atoms with E-state index in [1.807, 2.05) is 0 Å². The van der Waals surface area contributed by atoms with Gasteiger partial charge in [0.15, 0.2) is 0 Å². The van der Waals surface area contributed by atoms with Crippen LogP contribution in [-0.2, 0) is 16.6 Å². The van der Waals surface area contributed by atoms with Gasteiger partial charge in [-0.05, 0) is 12.1 Å². The molecule has 0 spiro atoms. The van der Waals surface area contributed by atoms with Crippen LogP contribution >= 0.6 is 0 Å². The number of ether oxygens (including phenoxy) is 1. The fourth-order valence-corrected chi connectivity index (χ4v) is 2.71. The van der Waals surface area contributed by atoms with Crippen LogP contribution in [-0.4, -0.2) is 31.9 Å². The van der Waals surface area contributed by atoms with Crippen molar-refractivity contribution in [2.75, 3.05) is 18.4 Å². The van der Waals surface area contributed by atoms with E-state index in [0.29, 0.717) is 13.1 Å². The molecule has 0 radical (unpaired) electrons. The molecule has 0 unspecified atom stereocenters. The summed E-state index contributed by atoms with van der Waals surface area (Å²) < 4.78 is 46.3. The van der Waals surface area contributed by atoms with Crippen molar-refractivity contribution >= 4 is 15.7 Å². The van der Waals surface area contributed by atoms with Gasteiger partial charge in [-0.25, -0.2) is 12.8 Å². The molecule has 0 saturated heterocycles. The second-order valence-electron chi connectivity index (χ2n) is 4.18. The summed E-state index contributed by atoms with van der Waals surface area (Å²) in [6.45, 7) is 0.760. The Morgan fingerprint density at radius 1 is 1.48 bits per heavy atom. The van der Waals surface area contributed by atoms with Crippen LogP contribution in [0.4, 0.5) is 10.1 Å². The summed E-state index contributed by atoms with van der Waals surface area (Å²) in [5, 5.41) is 3.90. The van der Waals surface area contributed by atoms with Gasteiger partial charge in [0.2, 0.25) is 0 Å². The van der Waals surface area contributed by atoms with Crippen LogP contribution < -0.4 is 15.2 Å². The number of aromatic nitrogens is 2. The van der Waals surface area contributed by atoms with E-state index in [-0.39, 0.29) is 16.3 Å². The summed E-state index contributed by atoms with van der Waals surface area (Å²) in [4.78, 5) is -0.0117. The third-order valence-corrected chi connectivity index (χ3v) is 4.01. The molecule has 2 aromatic rings. The zero-order valence-corrected chi connectivity index (χ0v) is 12.1. The number of benzene rings is 1. The van der Waals surface area contributed by atoms with E-state index in [1.165, 1.54) is 30.3 Å². The summed E-state index contributed by atoms with van der Waals surface area (Å²) in [5.74, 6) is -0.432. The predicted molar refractivity (Wildman–Crippen MR) is 75.0 cm³/mol. The van der Waals surface area contributed by atoms with Crippen molar-refractivity contribution < 1.29 is 17.5 Å². The first-order valence-electron chi connectivity index (χ1n) is 6.05. The van der Waals surface area contributed by atoms with Gasteiger partial charge in [0.05, 0.1) is 25.5 Å². The monoisotopic (exact) mass is 314 g/mol. The number of sulfonamides is 1. The van der Waals surface area contributed by atoms with Crippen molar-refractivity contribution in [2.24, 2.45) is 5.73 Å². The van der Waals surface area contributed by atoms with Crippen molar-refractivity contribution in [1.82, 2.24) is 9.78 Å². The van der Waals surface area contributed by atoms with Crippen molar-refractivity contribution in [3.05, 3.63) is 36.4 Å². The van der Waals surface area contributed by atoms with Crippen molar-refractivity contribution in [3.8, 4) is 5.75 Å². The molecule has 0 bridgehead atoms. The molecule has 0 aliphatic rings. The lowest BCUT2D eigenvalue weighted by Gasteiger charge is -2.10. The van der Waals surface area contributed by atoms with E-state index in [2.05, 4.69) is 9.82 Å². The number of halogens is 1. The summed E-state index contributed by atoms with van der Waals surface area (Å²) >= 11 is 0. The van der Waals surface area contributed by atoms with Gasteiger partial charge in [-0.1, -0.05) is 0 Å². The summed E-state index contributed by atoms with van der Waals surface area (Å²) in [7, 11) is -2.51. The lowest BCUT2D eigenvalue weighted by atomic mass is 10.3. The van der Waals surface area contributed by atoms with Gasteiger partial charge in [-0.3, -0.25) is 9.40 Å². The van der Waals surface area contributed by atoms with Crippen LogP contribution in [0.3, 0.4) is 0 Å². The number of nitrogens with two attached hydrogens (primary N) is 1. The minimum atomic E-state index is -3.83. The predicted octanol–water partition coefficient (Wildman–Crippen LogP) is 0.790. The Morgan fingerprint density at radius 3 is 2.90 bits per heavy atom. The van der Waals surface area contributed by atoms with Crippen LogP contribution in [0.1, 0.15) is 0 Å². The highest BCUT2D eigenvalue weighted by Gasteiger charge is 2.18. The molecule has 1 aromatic carbocycles. The number of hydrogen-bond donors (Lipinski definition) is 2. The molecule has 0 saturated carbocycles. The lowest BCUT2D eigenvalue weighted by Crippen LogP contribution is -2.13. The number of hydrogen-bond acceptors (Lipinski definition) is 5. The van der Waals surface area contributed by atoms with Crippen LogP contribution in [0, 0.1) is 5.82 Å². The first kappa shape index (κ1) is 15.3. The minimum absolute atomic E-state index is 0.0117. The van der Waals surface area contributed by atoms with Crippen LogP contribution in [0.15, 0.2) is 35.5 Å². The summed E-state index contributed by atoms with van der Waals surface area (Å²) in [6, 6.07) is 3.52. The molecule has 0 aliphatic heterocycles. The Hall–Kier alpha value is -2.13. The Labute approximate surface area is 121 Å². The van der Waals surface area contributed by atoms with Gasteiger partial charge in [0.1, 0.15) is 16.5 Å². The van der Waals surface area contributed by atoms with E-state index >= 15 is 0 Å². The zero-order chi connectivity index (χ0) is 15.5. The molecular weight excluding hydrogens is 299 g/mol. The average molecular weight is 314 g/mol. The third-order valence-electron chi connectivity index (χ3n) is 2.69. The molecule has 21 heavy (non-hydrogen) atoms. The fourth-order valence-electron chi connectivity index (χ4n) is 1.69. The van der Waals surface area contributed by atoms with E-state index in [0.717, 1.165) is 12.1 Å². The maximum absolute atomic E-state index is 13.1. The second-order valence-corrected chi connectivity index (χ2v) is 5.86. The van der Waals surface area contributed by atoms with Gasteiger partial charge < -0.3 is 10.5 Å². The summed E-state index contributed by atoms with van der Waals surface area (Å²) in [6.07, 6.45) is 2.58. The van der Waals surface area contributed by atoms with Gasteiger partial charge in [-0.15, -0.1) is 0 Å². The Balaban J connectivity index is 2.28. The Morgan fingerprint density at radius 2 is 2.24 bits per heavy atom. The normalized spacial score (nSPS) is 11.4. The van der Waals surface area contributed by atoms with Crippen LogP contribution in [0.25, 0.3) is 0 Å². The van der Waals surface area contributed by atoms with Gasteiger partial charge >= 0.3 is 0 Å². The van der Waals surface area contributed by atoms with E-state index < -0.39 is 15.8 Å². The van der Waals surface area contributed by atoms with Gasteiger partial charge in [-0.2, -0.15) is 5.10 Å². The van der Waals surface area contributed by atoms with Crippen LogP contribution in [0.2, 0.25) is 0 Å². The van der Waals surface area contributed by atoms with Crippen LogP contribution in [0.5, 0.6) is 5.75 Å². The summed E-state index contributed by atoms with van der Waals surface area (Å²) in [5.41, 5.74) is 5.52. The number of methoxy groups -OCH3 is 1. The highest BCUT2D eigenvalue weighted by Crippen LogP contribution is 2.27. The third kappa shape index (κ3) is 3.50. The molecule has 9 heteroatoms. The van der Waals surface area contributed by atoms with Gasteiger partial charge in [0, 0.05) is 18.8 Å². The molecule has 3 N–H and O–H groups in total. The van der Waals surface area contributed by atoms with E-state index in [1.54, 1.807) is 0 Å². The Bertz CT molecular complexity index is 730. The molecule has 2 rings (SSSR count). The van der Waals surface area contributed by atoms with Crippen molar-refractivity contribution in [3.63, 3.8) is 0 Å². The molecule has 7 nitrogen and oxygen atoms in total. The quantitative estimate of drug-likeness (QED) is 0.821. The van der Waals surface area contributed by atoms with E-state index in [4.69, 9.17) is 10.5 Å². The number of nitrogens with zero attached hydrogens (tertiary/aromatic N) is 2. The largest absolute Gasteiger partial charge is 0.494 e. The standard InChI is InChI=1S/C12H15FN4O3S/c1-20-12-6-9(13)2-3-11(12)16-21(18,19)10-7-15-17(8-10)5-4-14/h2-3,6-8,16H,4-5,14H2,1H3. The molecule has 0 amide bonds. The smallest absolute Gasteiger partial charge is 0.265 e. The topological polar surface area (TPSA) is 99.2 Å². The molecular formula is C12H15FN4O3S. The molecule has 0 atom stereocenters. The van der Waals surface area contributed by atoms with E-state index in [9.17, 15) is 12.8 Å². The van der Waals surface area contributed by atoms with Crippen molar-refractivity contribution in [2.45, 2.75) is 11.4 Å². The molecule has 1 aromatic heterocycles. The number of anilines is 1. The highest BCUT2D eigenvalue weighted by molar-refractivity contribution is 7.92. The number of nitrogens with one attached hydrogen (secondary N) is 1. The Kier molecular flexibility index (Phi) is 4.43. The lowest BCUT2D eigenvalue weighted by molar-refractivity contribution is 0.413. The fraction of sp³-hybridized carbons (Fsp3) is 0.250. The molecule has 0 aliphatic carbocycles.